The first kappa shape index (κ1) is 17.0. The van der Waals surface area contributed by atoms with Crippen LogP contribution >= 0.6 is 11.3 Å². The number of rotatable bonds is 5. The van der Waals surface area contributed by atoms with Crippen LogP contribution in [-0.4, -0.2) is 31.9 Å². The summed E-state index contributed by atoms with van der Waals surface area (Å²) in [7, 11) is 0. The number of aromatic nitrogens is 4. The fraction of sp³-hybridized carbons (Fsp3) is 0.235. The van der Waals surface area contributed by atoms with E-state index >= 15 is 0 Å². The Labute approximate surface area is 148 Å². The number of pyridine rings is 1. The molecular weight excluding hydrogens is 338 g/mol. The van der Waals surface area contributed by atoms with Gasteiger partial charge in [-0.15, -0.1) is 11.3 Å². The number of hydrogen-bond acceptors (Lipinski definition) is 6. The van der Waals surface area contributed by atoms with Crippen molar-refractivity contribution in [3.8, 4) is 11.5 Å². The number of carbonyl (C=O) groups is 1. The molecule has 0 radical (unpaired) electrons. The summed E-state index contributed by atoms with van der Waals surface area (Å²) in [4.78, 5) is 39.6. The second kappa shape index (κ2) is 7.35. The van der Waals surface area contributed by atoms with Crippen LogP contribution in [0.1, 0.15) is 27.9 Å². The molecule has 0 aliphatic carbocycles. The predicted molar refractivity (Wildman–Crippen MR) is 95.6 cm³/mol. The average molecular weight is 355 g/mol. The maximum absolute atomic E-state index is 12.3. The number of aryl methyl sites for hydroxylation is 1. The van der Waals surface area contributed by atoms with E-state index in [1.807, 2.05) is 31.4 Å². The molecule has 1 amide bonds. The Morgan fingerprint density at radius 1 is 1.40 bits per heavy atom. The highest BCUT2D eigenvalue weighted by atomic mass is 32.1. The highest BCUT2D eigenvalue weighted by Gasteiger charge is 2.16. The van der Waals surface area contributed by atoms with Crippen molar-refractivity contribution in [3.63, 3.8) is 0 Å². The van der Waals surface area contributed by atoms with Gasteiger partial charge in [0, 0.05) is 30.0 Å². The van der Waals surface area contributed by atoms with Crippen LogP contribution in [0.4, 0.5) is 0 Å². The lowest BCUT2D eigenvalue weighted by atomic mass is 10.1. The summed E-state index contributed by atoms with van der Waals surface area (Å²) in [5.74, 6) is -0.0968. The van der Waals surface area contributed by atoms with Crippen molar-refractivity contribution in [1.29, 1.82) is 0 Å². The zero-order valence-corrected chi connectivity index (χ0v) is 14.6. The monoisotopic (exact) mass is 355 g/mol. The summed E-state index contributed by atoms with van der Waals surface area (Å²) >= 11 is 1.47. The number of thiazole rings is 1. The largest absolute Gasteiger partial charge is 0.349 e. The van der Waals surface area contributed by atoms with E-state index in [-0.39, 0.29) is 11.6 Å². The Morgan fingerprint density at radius 3 is 2.88 bits per heavy atom. The fourth-order valence-corrected chi connectivity index (χ4v) is 2.98. The van der Waals surface area contributed by atoms with E-state index in [4.69, 9.17) is 0 Å². The lowest BCUT2D eigenvalue weighted by Gasteiger charge is -2.13. The van der Waals surface area contributed by atoms with E-state index in [0.29, 0.717) is 17.9 Å². The Bertz CT molecular complexity index is 935. The molecule has 0 aliphatic heterocycles. The molecule has 3 rings (SSSR count). The van der Waals surface area contributed by atoms with Gasteiger partial charge in [-0.25, -0.2) is 9.97 Å². The number of amides is 1. The predicted octanol–water partition coefficient (Wildman–Crippen LogP) is 1.96. The van der Waals surface area contributed by atoms with E-state index in [1.165, 1.54) is 17.5 Å². The van der Waals surface area contributed by atoms with Crippen molar-refractivity contribution < 1.29 is 4.79 Å². The quantitative estimate of drug-likeness (QED) is 0.729. The minimum absolute atomic E-state index is 0.0197. The molecular formula is C17H17N5O2S. The summed E-state index contributed by atoms with van der Waals surface area (Å²) in [5.41, 5.74) is 1.10. The van der Waals surface area contributed by atoms with Crippen LogP contribution < -0.4 is 10.9 Å². The second-order valence-electron chi connectivity index (χ2n) is 5.67. The van der Waals surface area contributed by atoms with Gasteiger partial charge in [-0.05, 0) is 31.9 Å². The van der Waals surface area contributed by atoms with Gasteiger partial charge in [-0.2, -0.15) is 0 Å². The van der Waals surface area contributed by atoms with Gasteiger partial charge in [-0.3, -0.25) is 14.6 Å². The molecule has 3 heterocycles. The highest BCUT2D eigenvalue weighted by Crippen LogP contribution is 2.16. The molecule has 8 heteroatoms. The third-order valence-corrected chi connectivity index (χ3v) is 4.32. The summed E-state index contributed by atoms with van der Waals surface area (Å²) in [6.07, 6.45) is 5.36. The van der Waals surface area contributed by atoms with Gasteiger partial charge in [-0.1, -0.05) is 6.07 Å². The Morgan fingerprint density at radius 2 is 2.24 bits per heavy atom. The maximum Gasteiger partial charge on any atom is 0.264 e. The van der Waals surface area contributed by atoms with Crippen molar-refractivity contribution in [1.82, 2.24) is 25.3 Å². The van der Waals surface area contributed by atoms with Gasteiger partial charge in [0.2, 0.25) is 0 Å². The summed E-state index contributed by atoms with van der Waals surface area (Å²) in [5, 5.41) is 5.50. The van der Waals surface area contributed by atoms with E-state index in [0.717, 1.165) is 10.6 Å². The van der Waals surface area contributed by atoms with Gasteiger partial charge in [0.1, 0.15) is 11.3 Å². The molecule has 2 N–H and O–H groups in total. The fourth-order valence-electron chi connectivity index (χ4n) is 2.38. The SMILES string of the molecule is Cc1nc(-c2ncc(C(=O)N[C@H](C)Cc3cccnc3)c(=O)[nH]2)cs1. The molecule has 0 fully saturated rings. The van der Waals surface area contributed by atoms with Crippen LogP contribution in [0.25, 0.3) is 11.5 Å². The smallest absolute Gasteiger partial charge is 0.264 e. The maximum atomic E-state index is 12.3. The van der Waals surface area contributed by atoms with E-state index in [9.17, 15) is 9.59 Å². The first-order chi connectivity index (χ1) is 12.0. The lowest BCUT2D eigenvalue weighted by Crippen LogP contribution is -2.37. The number of hydrogen-bond donors (Lipinski definition) is 2. The summed E-state index contributed by atoms with van der Waals surface area (Å²) < 4.78 is 0. The summed E-state index contributed by atoms with van der Waals surface area (Å²) in [6.45, 7) is 3.75. The van der Waals surface area contributed by atoms with E-state index in [2.05, 4.69) is 25.3 Å². The van der Waals surface area contributed by atoms with Gasteiger partial charge >= 0.3 is 0 Å². The van der Waals surface area contributed by atoms with Crippen molar-refractivity contribution in [2.45, 2.75) is 26.3 Å². The van der Waals surface area contributed by atoms with Crippen LogP contribution in [0.5, 0.6) is 0 Å². The highest BCUT2D eigenvalue weighted by molar-refractivity contribution is 7.09. The van der Waals surface area contributed by atoms with Crippen LogP contribution in [0.3, 0.4) is 0 Å². The molecule has 1 atom stereocenters. The summed E-state index contributed by atoms with van der Waals surface area (Å²) in [6, 6.07) is 3.64. The van der Waals surface area contributed by atoms with Crippen LogP contribution in [0, 0.1) is 6.92 Å². The molecule has 0 aromatic carbocycles. The molecule has 0 aliphatic rings. The first-order valence-corrected chi connectivity index (χ1v) is 8.62. The Balaban J connectivity index is 1.71. The number of aromatic amines is 1. The van der Waals surface area contributed by atoms with Crippen LogP contribution in [0.15, 0.2) is 40.9 Å². The lowest BCUT2D eigenvalue weighted by molar-refractivity contribution is 0.0938. The van der Waals surface area contributed by atoms with Crippen LogP contribution in [0.2, 0.25) is 0 Å². The first-order valence-electron chi connectivity index (χ1n) is 7.74. The molecule has 0 saturated carbocycles. The van der Waals surface area contributed by atoms with Gasteiger partial charge in [0.25, 0.3) is 11.5 Å². The molecule has 3 aromatic heterocycles. The standard InChI is InChI=1S/C17H17N5O2S/c1-10(6-12-4-3-5-18-7-12)20-16(23)13-8-19-15(22-17(13)24)14-9-25-11(2)21-14/h3-5,7-10H,6H2,1-2H3,(H,20,23)(H,19,22,24)/t10-/m1/s1. The molecule has 3 aromatic rings. The number of carbonyl (C=O) groups excluding carboxylic acids is 1. The van der Waals surface area contributed by atoms with Gasteiger partial charge < -0.3 is 10.3 Å². The van der Waals surface area contributed by atoms with Crippen LogP contribution in [-0.2, 0) is 6.42 Å². The second-order valence-corrected chi connectivity index (χ2v) is 6.73. The molecule has 0 unspecified atom stereocenters. The van der Waals surface area contributed by atoms with Crippen molar-refractivity contribution >= 4 is 17.2 Å². The number of nitrogens with zero attached hydrogens (tertiary/aromatic N) is 3. The van der Waals surface area contributed by atoms with Crippen molar-refractivity contribution in [2.75, 3.05) is 0 Å². The van der Waals surface area contributed by atoms with Crippen molar-refractivity contribution in [2.24, 2.45) is 0 Å². The molecule has 0 spiro atoms. The zero-order valence-electron chi connectivity index (χ0n) is 13.8. The third kappa shape index (κ3) is 4.16. The minimum atomic E-state index is -0.485. The average Bonchev–Trinajstić information content (AvgIpc) is 3.02. The molecule has 25 heavy (non-hydrogen) atoms. The van der Waals surface area contributed by atoms with Gasteiger partial charge in [0.15, 0.2) is 5.82 Å². The normalized spacial score (nSPS) is 11.9. The van der Waals surface area contributed by atoms with E-state index in [1.54, 1.807) is 12.4 Å². The number of nitrogens with one attached hydrogen (secondary N) is 2. The van der Waals surface area contributed by atoms with E-state index < -0.39 is 11.5 Å². The molecule has 128 valence electrons. The Hall–Kier alpha value is -2.87. The zero-order chi connectivity index (χ0) is 17.8. The third-order valence-electron chi connectivity index (χ3n) is 3.55. The Kier molecular flexibility index (Phi) is 4.99. The molecule has 0 bridgehead atoms. The minimum Gasteiger partial charge on any atom is -0.349 e. The molecule has 0 saturated heterocycles. The van der Waals surface area contributed by atoms with Crippen molar-refractivity contribution in [3.05, 3.63) is 62.6 Å². The number of H-pyrrole nitrogens is 1. The topological polar surface area (TPSA) is 101 Å². The van der Waals surface area contributed by atoms with Gasteiger partial charge in [0.05, 0.1) is 5.01 Å². The molecule has 7 nitrogen and oxygen atoms in total.